The number of piperidine rings is 1. The molecular weight excluding hydrogens is 252 g/mol. The summed E-state index contributed by atoms with van der Waals surface area (Å²) in [6, 6.07) is 0.715. The van der Waals surface area contributed by atoms with E-state index in [-0.39, 0.29) is 0 Å². The van der Waals surface area contributed by atoms with Gasteiger partial charge in [0.2, 0.25) is 0 Å². The molecule has 0 bridgehead atoms. The van der Waals surface area contributed by atoms with Gasteiger partial charge in [-0.2, -0.15) is 0 Å². The number of nitrogens with one attached hydrogen (secondary N) is 1. The highest BCUT2D eigenvalue weighted by molar-refractivity contribution is 4.89. The Morgan fingerprint density at radius 1 is 1.05 bits per heavy atom. The first-order valence-corrected chi connectivity index (χ1v) is 8.26. The molecule has 3 aliphatic heterocycles. The summed E-state index contributed by atoms with van der Waals surface area (Å²) in [5, 5.41) is 3.60. The van der Waals surface area contributed by atoms with Crippen LogP contribution in [0.2, 0.25) is 0 Å². The lowest BCUT2D eigenvalue weighted by Crippen LogP contribution is -2.57. The molecular formula is C15H30N4O. The molecule has 5 nitrogen and oxygen atoms in total. The summed E-state index contributed by atoms with van der Waals surface area (Å²) in [6.07, 6.45) is 1.33. The van der Waals surface area contributed by atoms with Gasteiger partial charge in [-0.3, -0.25) is 4.90 Å². The Hall–Kier alpha value is -0.200. The molecule has 3 saturated heterocycles. The molecule has 3 aliphatic rings. The molecule has 2 atom stereocenters. The van der Waals surface area contributed by atoms with Crippen LogP contribution in [-0.4, -0.2) is 99.9 Å². The van der Waals surface area contributed by atoms with Gasteiger partial charge in [0.15, 0.2) is 0 Å². The summed E-state index contributed by atoms with van der Waals surface area (Å²) in [6.45, 7) is 12.7. The molecule has 1 N–H and O–H groups in total. The van der Waals surface area contributed by atoms with Crippen molar-refractivity contribution in [2.45, 2.75) is 12.5 Å². The van der Waals surface area contributed by atoms with E-state index in [1.807, 2.05) is 0 Å². The Bertz CT molecular complexity index is 288. The number of likely N-dealkylation sites (N-methyl/N-ethyl adjacent to an activating group) is 1. The summed E-state index contributed by atoms with van der Waals surface area (Å²) in [7, 11) is 2.23. The van der Waals surface area contributed by atoms with Crippen molar-refractivity contribution in [3.8, 4) is 0 Å². The molecule has 0 radical (unpaired) electrons. The fourth-order valence-corrected chi connectivity index (χ4v) is 3.81. The van der Waals surface area contributed by atoms with Crippen molar-refractivity contribution >= 4 is 0 Å². The second-order valence-electron chi connectivity index (χ2n) is 6.57. The van der Waals surface area contributed by atoms with Gasteiger partial charge in [-0.1, -0.05) is 0 Å². The number of rotatable bonds is 3. The highest BCUT2D eigenvalue weighted by Crippen LogP contribution is 2.21. The molecule has 3 heterocycles. The minimum atomic E-state index is 0.715. The number of hydrogen-bond donors (Lipinski definition) is 1. The molecule has 0 aliphatic carbocycles. The van der Waals surface area contributed by atoms with E-state index in [1.165, 1.54) is 52.2 Å². The van der Waals surface area contributed by atoms with E-state index in [2.05, 4.69) is 27.1 Å². The lowest BCUT2D eigenvalue weighted by molar-refractivity contribution is -0.0107. The molecule has 0 amide bonds. The standard InChI is InChI=1S/C15H30N4O/c1-17-4-6-18(7-5-17)13-14-2-3-16-12-15(14)19-8-10-20-11-9-19/h14-16H,2-13H2,1H3. The number of ether oxygens (including phenoxy) is 1. The van der Waals surface area contributed by atoms with Crippen molar-refractivity contribution < 1.29 is 4.74 Å². The van der Waals surface area contributed by atoms with Gasteiger partial charge in [-0.05, 0) is 25.9 Å². The Labute approximate surface area is 123 Å². The number of piperazine rings is 1. The maximum absolute atomic E-state index is 5.51. The third-order valence-electron chi connectivity index (χ3n) is 5.19. The van der Waals surface area contributed by atoms with E-state index in [0.717, 1.165) is 32.2 Å². The van der Waals surface area contributed by atoms with Crippen LogP contribution < -0.4 is 5.32 Å². The number of nitrogens with zero attached hydrogens (tertiary/aromatic N) is 3. The van der Waals surface area contributed by atoms with Gasteiger partial charge < -0.3 is 19.9 Å². The second kappa shape index (κ2) is 7.18. The van der Waals surface area contributed by atoms with E-state index < -0.39 is 0 Å². The first-order chi connectivity index (χ1) is 9.83. The Kier molecular flexibility index (Phi) is 5.29. The molecule has 5 heteroatoms. The Morgan fingerprint density at radius 2 is 1.80 bits per heavy atom. The average molecular weight is 282 g/mol. The van der Waals surface area contributed by atoms with Crippen LogP contribution in [0, 0.1) is 5.92 Å². The molecule has 0 spiro atoms. The van der Waals surface area contributed by atoms with E-state index in [9.17, 15) is 0 Å². The van der Waals surface area contributed by atoms with E-state index in [4.69, 9.17) is 4.74 Å². The van der Waals surface area contributed by atoms with Crippen LogP contribution in [0.4, 0.5) is 0 Å². The monoisotopic (exact) mass is 282 g/mol. The maximum Gasteiger partial charge on any atom is 0.0594 e. The fourth-order valence-electron chi connectivity index (χ4n) is 3.81. The van der Waals surface area contributed by atoms with Crippen LogP contribution in [0.3, 0.4) is 0 Å². The minimum Gasteiger partial charge on any atom is -0.379 e. The van der Waals surface area contributed by atoms with Gasteiger partial charge in [-0.15, -0.1) is 0 Å². The largest absolute Gasteiger partial charge is 0.379 e. The van der Waals surface area contributed by atoms with Crippen LogP contribution >= 0.6 is 0 Å². The number of morpholine rings is 1. The molecule has 0 aromatic carbocycles. The van der Waals surface area contributed by atoms with Crippen molar-refractivity contribution in [1.29, 1.82) is 0 Å². The second-order valence-corrected chi connectivity index (χ2v) is 6.57. The van der Waals surface area contributed by atoms with Crippen molar-refractivity contribution in [2.75, 3.05) is 79.2 Å². The van der Waals surface area contributed by atoms with Gasteiger partial charge in [0, 0.05) is 58.4 Å². The zero-order valence-electron chi connectivity index (χ0n) is 12.9. The summed E-state index contributed by atoms with van der Waals surface area (Å²) in [4.78, 5) is 7.79. The quantitative estimate of drug-likeness (QED) is 0.757. The zero-order chi connectivity index (χ0) is 13.8. The SMILES string of the molecule is CN1CCN(CC2CCNCC2N2CCOCC2)CC1. The predicted octanol–water partition coefficient (Wildman–Crippen LogP) is -0.456. The molecule has 3 rings (SSSR count). The average Bonchev–Trinajstić information content (AvgIpc) is 2.51. The summed E-state index contributed by atoms with van der Waals surface area (Å²) < 4.78 is 5.51. The van der Waals surface area contributed by atoms with E-state index in [1.54, 1.807) is 0 Å². The first kappa shape index (κ1) is 14.7. The van der Waals surface area contributed by atoms with Crippen LogP contribution in [0.25, 0.3) is 0 Å². The molecule has 0 aromatic heterocycles. The van der Waals surface area contributed by atoms with Crippen molar-refractivity contribution in [1.82, 2.24) is 20.0 Å². The number of hydrogen-bond acceptors (Lipinski definition) is 5. The summed E-state index contributed by atoms with van der Waals surface area (Å²) in [5.41, 5.74) is 0. The molecule has 0 saturated carbocycles. The minimum absolute atomic E-state index is 0.715. The predicted molar refractivity (Wildman–Crippen MR) is 81.1 cm³/mol. The van der Waals surface area contributed by atoms with E-state index >= 15 is 0 Å². The van der Waals surface area contributed by atoms with Crippen molar-refractivity contribution in [2.24, 2.45) is 5.92 Å². The van der Waals surface area contributed by atoms with Gasteiger partial charge in [0.05, 0.1) is 13.2 Å². The lowest BCUT2D eigenvalue weighted by Gasteiger charge is -2.44. The van der Waals surface area contributed by atoms with Crippen molar-refractivity contribution in [3.63, 3.8) is 0 Å². The summed E-state index contributed by atoms with van der Waals surface area (Å²) in [5.74, 6) is 0.831. The van der Waals surface area contributed by atoms with Gasteiger partial charge in [-0.25, -0.2) is 0 Å². The first-order valence-electron chi connectivity index (χ1n) is 8.26. The zero-order valence-corrected chi connectivity index (χ0v) is 12.9. The lowest BCUT2D eigenvalue weighted by atomic mass is 9.90. The molecule has 0 aromatic rings. The Balaban J connectivity index is 1.54. The molecule has 3 fully saturated rings. The maximum atomic E-state index is 5.51. The highest BCUT2D eigenvalue weighted by atomic mass is 16.5. The third kappa shape index (κ3) is 3.71. The van der Waals surface area contributed by atoms with Gasteiger partial charge >= 0.3 is 0 Å². The van der Waals surface area contributed by atoms with Crippen molar-refractivity contribution in [3.05, 3.63) is 0 Å². The summed E-state index contributed by atoms with van der Waals surface area (Å²) >= 11 is 0. The fraction of sp³-hybridized carbons (Fsp3) is 1.00. The van der Waals surface area contributed by atoms with Crippen LogP contribution in [0.15, 0.2) is 0 Å². The Morgan fingerprint density at radius 3 is 2.55 bits per heavy atom. The van der Waals surface area contributed by atoms with Crippen LogP contribution in [-0.2, 0) is 4.74 Å². The smallest absolute Gasteiger partial charge is 0.0594 e. The van der Waals surface area contributed by atoms with Gasteiger partial charge in [0.1, 0.15) is 0 Å². The highest BCUT2D eigenvalue weighted by Gasteiger charge is 2.32. The molecule has 2 unspecified atom stereocenters. The molecule has 20 heavy (non-hydrogen) atoms. The molecule has 116 valence electrons. The van der Waals surface area contributed by atoms with Gasteiger partial charge in [0.25, 0.3) is 0 Å². The van der Waals surface area contributed by atoms with Crippen LogP contribution in [0.5, 0.6) is 0 Å². The van der Waals surface area contributed by atoms with E-state index in [0.29, 0.717) is 6.04 Å². The topological polar surface area (TPSA) is 31.0 Å². The third-order valence-corrected chi connectivity index (χ3v) is 5.19. The normalized spacial score (nSPS) is 35.2. The van der Waals surface area contributed by atoms with Crippen LogP contribution in [0.1, 0.15) is 6.42 Å².